The Hall–Kier alpha value is -0.770. The highest BCUT2D eigenvalue weighted by molar-refractivity contribution is 5.60. The van der Waals surface area contributed by atoms with E-state index in [4.69, 9.17) is 9.47 Å². The van der Waals surface area contributed by atoms with Crippen molar-refractivity contribution in [1.82, 2.24) is 4.90 Å². The standard InChI is InChI=1S/C11H23NO3/c1-6-12(5)8-7-9-14-10(13)15-11(2,3)4/h6-9H2,1-5H3. The van der Waals surface area contributed by atoms with E-state index in [9.17, 15) is 4.79 Å². The van der Waals surface area contributed by atoms with Crippen LogP contribution in [0.2, 0.25) is 0 Å². The van der Waals surface area contributed by atoms with Gasteiger partial charge < -0.3 is 14.4 Å². The van der Waals surface area contributed by atoms with Gasteiger partial charge in [-0.1, -0.05) is 6.92 Å². The lowest BCUT2D eigenvalue weighted by atomic mass is 10.2. The van der Waals surface area contributed by atoms with Crippen LogP contribution in [0.4, 0.5) is 4.79 Å². The maximum atomic E-state index is 11.1. The molecular weight excluding hydrogens is 194 g/mol. The molecule has 0 N–H and O–H groups in total. The molecule has 0 spiro atoms. The second-order valence-electron chi connectivity index (χ2n) is 4.56. The van der Waals surface area contributed by atoms with Crippen LogP contribution < -0.4 is 0 Å². The molecule has 0 rings (SSSR count). The molecule has 0 saturated carbocycles. The molecule has 0 unspecified atom stereocenters. The lowest BCUT2D eigenvalue weighted by Crippen LogP contribution is -2.25. The van der Waals surface area contributed by atoms with E-state index in [1.807, 2.05) is 27.8 Å². The van der Waals surface area contributed by atoms with Crippen LogP contribution >= 0.6 is 0 Å². The predicted octanol–water partition coefficient (Wildman–Crippen LogP) is 2.28. The molecule has 0 amide bonds. The number of nitrogens with zero attached hydrogens (tertiary/aromatic N) is 1. The van der Waals surface area contributed by atoms with Crippen molar-refractivity contribution in [3.05, 3.63) is 0 Å². The zero-order valence-electron chi connectivity index (χ0n) is 10.5. The lowest BCUT2D eigenvalue weighted by Gasteiger charge is -2.19. The normalized spacial score (nSPS) is 11.6. The van der Waals surface area contributed by atoms with Gasteiger partial charge in [-0.05, 0) is 40.8 Å². The number of carbonyl (C=O) groups is 1. The van der Waals surface area contributed by atoms with E-state index < -0.39 is 11.8 Å². The summed E-state index contributed by atoms with van der Waals surface area (Å²) in [5, 5.41) is 0. The Morgan fingerprint density at radius 3 is 2.40 bits per heavy atom. The first-order chi connectivity index (χ1) is 6.85. The van der Waals surface area contributed by atoms with Crippen molar-refractivity contribution in [3.63, 3.8) is 0 Å². The zero-order chi connectivity index (χ0) is 11.9. The molecule has 0 atom stereocenters. The van der Waals surface area contributed by atoms with E-state index >= 15 is 0 Å². The van der Waals surface area contributed by atoms with Crippen LogP contribution in [0.5, 0.6) is 0 Å². The zero-order valence-corrected chi connectivity index (χ0v) is 10.5. The maximum absolute atomic E-state index is 11.1. The van der Waals surface area contributed by atoms with E-state index in [0.29, 0.717) is 6.61 Å². The number of ether oxygens (including phenoxy) is 2. The smallest absolute Gasteiger partial charge is 0.434 e. The van der Waals surface area contributed by atoms with Gasteiger partial charge in [0.05, 0.1) is 6.61 Å². The number of carbonyl (C=O) groups excluding carboxylic acids is 1. The minimum atomic E-state index is -0.582. The minimum absolute atomic E-state index is 0.416. The first kappa shape index (κ1) is 14.2. The molecule has 90 valence electrons. The summed E-state index contributed by atoms with van der Waals surface area (Å²) in [6, 6.07) is 0. The van der Waals surface area contributed by atoms with Gasteiger partial charge in [0, 0.05) is 6.54 Å². The minimum Gasteiger partial charge on any atom is -0.434 e. The Balaban J connectivity index is 3.48. The third-order valence-electron chi connectivity index (χ3n) is 1.83. The summed E-state index contributed by atoms with van der Waals surface area (Å²) < 4.78 is 9.92. The highest BCUT2D eigenvalue weighted by atomic mass is 16.7. The third-order valence-corrected chi connectivity index (χ3v) is 1.83. The van der Waals surface area contributed by atoms with Crippen LogP contribution in [-0.2, 0) is 9.47 Å². The topological polar surface area (TPSA) is 38.8 Å². The molecule has 0 heterocycles. The van der Waals surface area contributed by atoms with Crippen molar-refractivity contribution >= 4 is 6.16 Å². The van der Waals surface area contributed by atoms with Gasteiger partial charge in [0.15, 0.2) is 0 Å². The van der Waals surface area contributed by atoms with Gasteiger partial charge in [-0.2, -0.15) is 0 Å². The van der Waals surface area contributed by atoms with Gasteiger partial charge >= 0.3 is 6.16 Å². The monoisotopic (exact) mass is 217 g/mol. The second kappa shape index (κ2) is 6.67. The number of rotatable bonds is 5. The molecule has 0 aliphatic rings. The van der Waals surface area contributed by atoms with Crippen LogP contribution in [0.15, 0.2) is 0 Å². The van der Waals surface area contributed by atoms with Crippen molar-refractivity contribution < 1.29 is 14.3 Å². The van der Waals surface area contributed by atoms with E-state index in [2.05, 4.69) is 11.8 Å². The lowest BCUT2D eigenvalue weighted by molar-refractivity contribution is -0.00810. The number of hydrogen-bond acceptors (Lipinski definition) is 4. The van der Waals surface area contributed by atoms with E-state index in [0.717, 1.165) is 19.5 Å². The van der Waals surface area contributed by atoms with Crippen molar-refractivity contribution in [2.75, 3.05) is 26.7 Å². The average molecular weight is 217 g/mol. The average Bonchev–Trinajstić information content (AvgIpc) is 2.09. The van der Waals surface area contributed by atoms with Gasteiger partial charge in [0.2, 0.25) is 0 Å². The Labute approximate surface area is 92.5 Å². The molecule has 0 aromatic rings. The Bertz CT molecular complexity index is 187. The van der Waals surface area contributed by atoms with Gasteiger partial charge in [0.25, 0.3) is 0 Å². The Morgan fingerprint density at radius 1 is 1.33 bits per heavy atom. The first-order valence-electron chi connectivity index (χ1n) is 5.39. The summed E-state index contributed by atoms with van der Waals surface area (Å²) in [6.07, 6.45) is 0.255. The predicted molar refractivity (Wildman–Crippen MR) is 60.0 cm³/mol. The second-order valence-corrected chi connectivity index (χ2v) is 4.56. The van der Waals surface area contributed by atoms with Crippen molar-refractivity contribution in [3.8, 4) is 0 Å². The van der Waals surface area contributed by atoms with Gasteiger partial charge in [-0.15, -0.1) is 0 Å². The van der Waals surface area contributed by atoms with Crippen molar-refractivity contribution in [1.29, 1.82) is 0 Å². The molecule has 0 radical (unpaired) electrons. The Kier molecular flexibility index (Phi) is 6.32. The van der Waals surface area contributed by atoms with Crippen molar-refractivity contribution in [2.24, 2.45) is 0 Å². The highest BCUT2D eigenvalue weighted by Crippen LogP contribution is 2.08. The molecule has 0 aliphatic carbocycles. The van der Waals surface area contributed by atoms with E-state index in [1.54, 1.807) is 0 Å². The molecule has 0 aromatic carbocycles. The van der Waals surface area contributed by atoms with Crippen LogP contribution in [0.3, 0.4) is 0 Å². The van der Waals surface area contributed by atoms with Crippen molar-refractivity contribution in [2.45, 2.75) is 39.7 Å². The van der Waals surface area contributed by atoms with E-state index in [1.165, 1.54) is 0 Å². The first-order valence-corrected chi connectivity index (χ1v) is 5.39. The molecule has 4 nitrogen and oxygen atoms in total. The fraction of sp³-hybridized carbons (Fsp3) is 0.909. The molecule has 0 aromatic heterocycles. The molecule has 4 heteroatoms. The van der Waals surface area contributed by atoms with Crippen LogP contribution in [0.25, 0.3) is 0 Å². The summed E-state index contributed by atoms with van der Waals surface area (Å²) >= 11 is 0. The van der Waals surface area contributed by atoms with Gasteiger partial charge in [-0.25, -0.2) is 4.79 Å². The highest BCUT2D eigenvalue weighted by Gasteiger charge is 2.16. The molecule has 0 bridgehead atoms. The van der Waals surface area contributed by atoms with Gasteiger partial charge in [0.1, 0.15) is 5.60 Å². The third kappa shape index (κ3) is 9.53. The van der Waals surface area contributed by atoms with Crippen LogP contribution in [0.1, 0.15) is 34.1 Å². The van der Waals surface area contributed by atoms with Crippen LogP contribution in [0, 0.1) is 0 Å². The molecule has 0 aliphatic heterocycles. The summed E-state index contributed by atoms with van der Waals surface area (Å²) in [5.74, 6) is 0. The Morgan fingerprint density at radius 2 is 1.93 bits per heavy atom. The molecular formula is C11H23NO3. The summed E-state index contributed by atoms with van der Waals surface area (Å²) in [5.41, 5.74) is -0.475. The fourth-order valence-corrected chi connectivity index (χ4v) is 0.928. The van der Waals surface area contributed by atoms with Gasteiger partial charge in [-0.3, -0.25) is 0 Å². The number of hydrogen-bond donors (Lipinski definition) is 0. The van der Waals surface area contributed by atoms with E-state index in [-0.39, 0.29) is 0 Å². The summed E-state index contributed by atoms with van der Waals surface area (Å²) in [6.45, 7) is 9.90. The quantitative estimate of drug-likeness (QED) is 0.523. The summed E-state index contributed by atoms with van der Waals surface area (Å²) in [4.78, 5) is 13.3. The summed E-state index contributed by atoms with van der Waals surface area (Å²) in [7, 11) is 2.04. The maximum Gasteiger partial charge on any atom is 0.508 e. The molecule has 0 saturated heterocycles. The SMILES string of the molecule is CCN(C)CCCOC(=O)OC(C)(C)C. The molecule has 15 heavy (non-hydrogen) atoms. The largest absolute Gasteiger partial charge is 0.508 e. The fourth-order valence-electron chi connectivity index (χ4n) is 0.928. The molecule has 0 fully saturated rings. The van der Waals surface area contributed by atoms with Crippen LogP contribution in [-0.4, -0.2) is 43.4 Å².